The second-order valence-electron chi connectivity index (χ2n) is 8.58. The Kier molecular flexibility index (Phi) is 3.58. The standard InChI is InChI=1S/C18H32N2/c1-3-13(2)19-4-6-20(7-5-19)18-16-9-14-8-15(11-16)12-17(18)10-14/h13-18H,3-12H2,1-2H3/p+2. The molecule has 0 aromatic rings. The highest BCUT2D eigenvalue weighted by Gasteiger charge is 2.52. The van der Waals surface area contributed by atoms with Gasteiger partial charge in [-0.15, -0.1) is 0 Å². The molecule has 4 bridgehead atoms. The Bertz CT molecular complexity index is 317. The Morgan fingerprint density at radius 2 is 1.40 bits per heavy atom. The summed E-state index contributed by atoms with van der Waals surface area (Å²) in [5, 5.41) is 0. The van der Waals surface area contributed by atoms with Gasteiger partial charge in [0.1, 0.15) is 26.2 Å². The fraction of sp³-hybridized carbons (Fsp3) is 1.00. The van der Waals surface area contributed by atoms with Gasteiger partial charge in [-0.3, -0.25) is 0 Å². The van der Waals surface area contributed by atoms with Crippen molar-refractivity contribution in [3.05, 3.63) is 0 Å². The van der Waals surface area contributed by atoms with Crippen LogP contribution in [-0.2, 0) is 0 Å². The van der Waals surface area contributed by atoms with Crippen LogP contribution < -0.4 is 9.80 Å². The van der Waals surface area contributed by atoms with Crippen molar-refractivity contribution in [1.82, 2.24) is 0 Å². The number of hydrogen-bond donors (Lipinski definition) is 2. The minimum Gasteiger partial charge on any atom is -0.323 e. The summed E-state index contributed by atoms with van der Waals surface area (Å²) in [4.78, 5) is 3.91. The first-order valence-electron chi connectivity index (χ1n) is 9.43. The van der Waals surface area contributed by atoms with Gasteiger partial charge in [-0.25, -0.2) is 0 Å². The Morgan fingerprint density at radius 3 is 1.90 bits per heavy atom. The van der Waals surface area contributed by atoms with Crippen molar-refractivity contribution in [2.75, 3.05) is 26.2 Å². The smallest absolute Gasteiger partial charge is 0.127 e. The highest BCUT2D eigenvalue weighted by molar-refractivity contribution is 4.98. The van der Waals surface area contributed by atoms with Gasteiger partial charge in [-0.2, -0.15) is 0 Å². The van der Waals surface area contributed by atoms with Crippen LogP contribution in [0.15, 0.2) is 0 Å². The van der Waals surface area contributed by atoms with E-state index >= 15 is 0 Å². The number of quaternary nitrogens is 2. The predicted octanol–water partition coefficient (Wildman–Crippen LogP) is 0.393. The van der Waals surface area contributed by atoms with Crippen LogP contribution in [-0.4, -0.2) is 38.3 Å². The van der Waals surface area contributed by atoms with Gasteiger partial charge in [-0.1, -0.05) is 6.92 Å². The number of nitrogens with one attached hydrogen (secondary N) is 2. The highest BCUT2D eigenvalue weighted by Crippen LogP contribution is 2.52. The topological polar surface area (TPSA) is 8.88 Å². The van der Waals surface area contributed by atoms with Gasteiger partial charge in [0.05, 0.1) is 12.1 Å². The lowest BCUT2D eigenvalue weighted by atomic mass is 9.54. The second kappa shape index (κ2) is 5.28. The third kappa shape index (κ3) is 2.23. The maximum Gasteiger partial charge on any atom is 0.127 e. The van der Waals surface area contributed by atoms with Gasteiger partial charge in [0.15, 0.2) is 0 Å². The summed E-state index contributed by atoms with van der Waals surface area (Å²) in [6, 6.07) is 1.95. The largest absolute Gasteiger partial charge is 0.323 e. The highest BCUT2D eigenvalue weighted by atomic mass is 15.3. The molecule has 114 valence electrons. The van der Waals surface area contributed by atoms with Gasteiger partial charge < -0.3 is 9.80 Å². The van der Waals surface area contributed by atoms with E-state index in [1.165, 1.54) is 32.6 Å². The van der Waals surface area contributed by atoms with E-state index in [9.17, 15) is 0 Å². The Balaban J connectivity index is 1.40. The molecule has 1 aliphatic heterocycles. The van der Waals surface area contributed by atoms with E-state index in [0.29, 0.717) is 0 Å². The van der Waals surface area contributed by atoms with Crippen LogP contribution in [0.1, 0.15) is 52.4 Å². The number of rotatable bonds is 3. The molecule has 2 heteroatoms. The SMILES string of the molecule is CCC(C)[NH+]1CC[NH+](C2C3CC4CC(C3)CC2C4)CC1. The van der Waals surface area contributed by atoms with Crippen molar-refractivity contribution < 1.29 is 9.80 Å². The summed E-state index contributed by atoms with van der Waals surface area (Å²) in [7, 11) is 0. The quantitative estimate of drug-likeness (QED) is 0.739. The zero-order chi connectivity index (χ0) is 13.7. The number of piperazine rings is 1. The zero-order valence-corrected chi connectivity index (χ0v) is 13.5. The molecule has 1 atom stereocenters. The van der Waals surface area contributed by atoms with Gasteiger partial charge in [0, 0.05) is 11.8 Å². The van der Waals surface area contributed by atoms with Gasteiger partial charge in [0.25, 0.3) is 0 Å². The summed E-state index contributed by atoms with van der Waals surface area (Å²) in [6.45, 7) is 10.6. The summed E-state index contributed by atoms with van der Waals surface area (Å²) in [5.41, 5.74) is 0. The molecule has 4 aliphatic carbocycles. The Hall–Kier alpha value is -0.0800. The third-order valence-electron chi connectivity index (χ3n) is 7.54. The van der Waals surface area contributed by atoms with Crippen LogP contribution in [0.2, 0.25) is 0 Å². The molecular formula is C18H34N2+2. The maximum absolute atomic E-state index is 2.45. The lowest BCUT2D eigenvalue weighted by Gasteiger charge is -2.55. The van der Waals surface area contributed by atoms with E-state index in [1.54, 1.807) is 32.1 Å². The van der Waals surface area contributed by atoms with Crippen molar-refractivity contribution in [3.63, 3.8) is 0 Å². The van der Waals surface area contributed by atoms with E-state index in [2.05, 4.69) is 13.8 Å². The van der Waals surface area contributed by atoms with Crippen molar-refractivity contribution in [1.29, 1.82) is 0 Å². The molecular weight excluding hydrogens is 244 g/mol. The first kappa shape index (κ1) is 13.6. The summed E-state index contributed by atoms with van der Waals surface area (Å²) in [5.74, 6) is 4.51. The van der Waals surface area contributed by atoms with Crippen molar-refractivity contribution >= 4 is 0 Å². The first-order chi connectivity index (χ1) is 9.74. The molecule has 1 unspecified atom stereocenters. The Labute approximate surface area is 124 Å². The fourth-order valence-corrected chi connectivity index (χ4v) is 6.60. The molecule has 5 aliphatic rings. The molecule has 0 aromatic carbocycles. The monoisotopic (exact) mass is 278 g/mol. The van der Waals surface area contributed by atoms with Gasteiger partial charge in [-0.05, 0) is 57.3 Å². The molecule has 4 saturated carbocycles. The summed E-state index contributed by atoms with van der Waals surface area (Å²) >= 11 is 0. The lowest BCUT2D eigenvalue weighted by Crippen LogP contribution is -3.31. The molecule has 20 heavy (non-hydrogen) atoms. The molecule has 0 amide bonds. The van der Waals surface area contributed by atoms with Crippen molar-refractivity contribution in [2.45, 2.75) is 64.5 Å². The normalized spacial score (nSPS) is 52.2. The first-order valence-corrected chi connectivity index (χ1v) is 9.43. The molecule has 0 radical (unpaired) electrons. The van der Waals surface area contributed by atoms with E-state index in [1.807, 2.05) is 9.80 Å². The minimum atomic E-state index is 0.884. The Morgan fingerprint density at radius 1 is 0.850 bits per heavy atom. The summed E-state index contributed by atoms with van der Waals surface area (Å²) < 4.78 is 0. The van der Waals surface area contributed by atoms with E-state index < -0.39 is 0 Å². The van der Waals surface area contributed by atoms with Crippen molar-refractivity contribution in [2.24, 2.45) is 23.7 Å². The molecule has 5 fully saturated rings. The lowest BCUT2D eigenvalue weighted by molar-refractivity contribution is -1.04. The molecule has 0 aromatic heterocycles. The van der Waals surface area contributed by atoms with Crippen LogP contribution in [0.3, 0.4) is 0 Å². The van der Waals surface area contributed by atoms with Crippen LogP contribution in [0.25, 0.3) is 0 Å². The van der Waals surface area contributed by atoms with Crippen LogP contribution in [0.5, 0.6) is 0 Å². The van der Waals surface area contributed by atoms with Crippen molar-refractivity contribution in [3.8, 4) is 0 Å². The second-order valence-corrected chi connectivity index (χ2v) is 8.58. The molecule has 0 spiro atoms. The molecule has 2 nitrogen and oxygen atoms in total. The zero-order valence-electron chi connectivity index (χ0n) is 13.5. The molecule has 2 N–H and O–H groups in total. The van der Waals surface area contributed by atoms with E-state index in [-0.39, 0.29) is 0 Å². The van der Waals surface area contributed by atoms with Gasteiger partial charge in [0.2, 0.25) is 0 Å². The minimum absolute atomic E-state index is 0.884. The maximum atomic E-state index is 2.45. The van der Waals surface area contributed by atoms with Crippen LogP contribution >= 0.6 is 0 Å². The van der Waals surface area contributed by atoms with Crippen LogP contribution in [0, 0.1) is 23.7 Å². The van der Waals surface area contributed by atoms with Crippen LogP contribution in [0.4, 0.5) is 0 Å². The van der Waals surface area contributed by atoms with Gasteiger partial charge >= 0.3 is 0 Å². The number of hydrogen-bond acceptors (Lipinski definition) is 0. The van der Waals surface area contributed by atoms with E-state index in [4.69, 9.17) is 0 Å². The third-order valence-corrected chi connectivity index (χ3v) is 7.54. The molecule has 1 saturated heterocycles. The average Bonchev–Trinajstić information content (AvgIpc) is 2.46. The predicted molar refractivity (Wildman–Crippen MR) is 82.0 cm³/mol. The molecule has 5 rings (SSSR count). The van der Waals surface area contributed by atoms with E-state index in [0.717, 1.165) is 35.8 Å². The fourth-order valence-electron chi connectivity index (χ4n) is 6.60. The average molecular weight is 278 g/mol. The summed E-state index contributed by atoms with van der Waals surface area (Å²) in [6.07, 6.45) is 9.35. The molecule has 1 heterocycles.